The number of thiophene rings is 1. The lowest BCUT2D eigenvalue weighted by molar-refractivity contribution is 0.590. The van der Waals surface area contributed by atoms with E-state index in [4.69, 9.17) is 8.83 Å². The number of anilines is 9. The minimum Gasteiger partial charge on any atom is -0.454 e. The van der Waals surface area contributed by atoms with E-state index in [0.717, 1.165) is 83.7 Å². The number of hydrogen-bond donors (Lipinski definition) is 0. The quantitative estimate of drug-likeness (QED) is 0.161. The van der Waals surface area contributed by atoms with Crippen LogP contribution in [0.2, 0.25) is 0 Å². The molecule has 386 valence electrons. The monoisotopic (exact) mass is 1050 g/mol. The lowest BCUT2D eigenvalue weighted by Gasteiger charge is -2.43. The average Bonchev–Trinajstić information content (AvgIpc) is 3.27. The Morgan fingerprint density at radius 1 is 0.463 bits per heavy atom. The van der Waals surface area contributed by atoms with E-state index in [1.165, 1.54) is 70.5 Å². The van der Waals surface area contributed by atoms with E-state index < -0.39 is 0 Å². The van der Waals surface area contributed by atoms with E-state index in [9.17, 15) is 0 Å². The Morgan fingerprint density at radius 3 is 1.75 bits per heavy atom. The molecular weight excluding hydrogens is 994 g/mol. The van der Waals surface area contributed by atoms with E-state index >= 15 is 0 Å². The first-order valence-corrected chi connectivity index (χ1v) is 28.9. The molecule has 0 fully saturated rings. The number of fused-ring (bicyclic) bond motifs is 15. The van der Waals surface area contributed by atoms with Crippen molar-refractivity contribution < 1.29 is 8.83 Å². The molecule has 1 aliphatic carbocycles. The van der Waals surface area contributed by atoms with Crippen LogP contribution in [-0.2, 0) is 16.2 Å². The molecule has 16 rings (SSSR count). The zero-order chi connectivity index (χ0) is 54.1. The molecule has 80 heavy (non-hydrogen) atoms. The molecule has 0 saturated carbocycles. The molecule has 5 heterocycles. The van der Waals surface area contributed by atoms with Gasteiger partial charge in [-0.1, -0.05) is 177 Å². The normalized spacial score (nSPS) is 14.3. The van der Waals surface area contributed by atoms with Crippen LogP contribution >= 0.6 is 11.3 Å². The first-order chi connectivity index (χ1) is 38.7. The average molecular weight is 1050 g/mol. The van der Waals surface area contributed by atoms with E-state index in [1.54, 1.807) is 0 Å². The van der Waals surface area contributed by atoms with E-state index in [2.05, 4.69) is 276 Å². The number of benzene rings is 10. The Kier molecular flexibility index (Phi) is 9.82. The minimum absolute atomic E-state index is 0.00317. The third-order valence-corrected chi connectivity index (χ3v) is 19.0. The predicted molar refractivity (Wildman–Crippen MR) is 340 cm³/mol. The highest BCUT2D eigenvalue weighted by Gasteiger charge is 2.47. The Balaban J connectivity index is 0.994. The summed E-state index contributed by atoms with van der Waals surface area (Å²) in [5.74, 6) is 0. The second-order valence-corrected chi connectivity index (χ2v) is 26.0. The van der Waals surface area contributed by atoms with Gasteiger partial charge in [0.25, 0.3) is 6.71 Å². The largest absolute Gasteiger partial charge is 0.454 e. The highest BCUT2D eigenvalue weighted by atomic mass is 32.1. The lowest BCUT2D eigenvalue weighted by atomic mass is 9.36. The fourth-order valence-corrected chi connectivity index (χ4v) is 15.1. The van der Waals surface area contributed by atoms with Gasteiger partial charge in [0.2, 0.25) is 0 Å². The van der Waals surface area contributed by atoms with Crippen molar-refractivity contribution in [2.24, 2.45) is 0 Å². The predicted octanol–water partition coefficient (Wildman–Crippen LogP) is 19.2. The summed E-state index contributed by atoms with van der Waals surface area (Å²) in [5.41, 5.74) is 23.7. The summed E-state index contributed by atoms with van der Waals surface area (Å²) in [4.78, 5) is 7.50. The van der Waals surface area contributed by atoms with Crippen LogP contribution in [0.3, 0.4) is 0 Å². The fourth-order valence-electron chi connectivity index (χ4n) is 13.7. The smallest absolute Gasteiger partial charge is 0.264 e. The van der Waals surface area contributed by atoms with Gasteiger partial charge in [-0.25, -0.2) is 0 Å². The van der Waals surface area contributed by atoms with Gasteiger partial charge < -0.3 is 23.5 Å². The van der Waals surface area contributed by atoms with E-state index in [0.29, 0.717) is 0 Å². The van der Waals surface area contributed by atoms with Crippen molar-refractivity contribution in [1.82, 2.24) is 0 Å². The topological polar surface area (TPSA) is 36.0 Å². The van der Waals surface area contributed by atoms with Crippen molar-refractivity contribution in [3.8, 4) is 11.1 Å². The molecule has 10 aromatic carbocycles. The van der Waals surface area contributed by atoms with Gasteiger partial charge >= 0.3 is 0 Å². The molecule has 0 amide bonds. The molecule has 0 bridgehead atoms. The molecule has 0 spiro atoms. The number of rotatable bonds is 5. The van der Waals surface area contributed by atoms with Gasteiger partial charge in [-0.3, -0.25) is 0 Å². The van der Waals surface area contributed by atoms with Gasteiger partial charge in [0.15, 0.2) is 11.2 Å². The highest BCUT2D eigenvalue weighted by molar-refractivity contribution is 7.33. The van der Waals surface area contributed by atoms with Crippen molar-refractivity contribution in [2.75, 3.05) is 14.7 Å². The van der Waals surface area contributed by atoms with E-state index in [-0.39, 0.29) is 23.0 Å². The second kappa shape index (κ2) is 16.6. The first-order valence-electron chi connectivity index (χ1n) is 28.1. The van der Waals surface area contributed by atoms with Crippen LogP contribution in [-0.4, -0.2) is 6.71 Å². The zero-order valence-corrected chi connectivity index (χ0v) is 47.1. The van der Waals surface area contributed by atoms with Crippen molar-refractivity contribution in [1.29, 1.82) is 0 Å². The van der Waals surface area contributed by atoms with Crippen LogP contribution in [0.15, 0.2) is 215 Å². The molecule has 0 N–H and O–H groups in total. The molecule has 2 aliphatic heterocycles. The molecule has 13 aromatic rings. The molecule has 3 aliphatic rings. The molecule has 0 unspecified atom stereocenters. The van der Waals surface area contributed by atoms with Gasteiger partial charge in [0.05, 0.1) is 17.1 Å². The van der Waals surface area contributed by atoms with Gasteiger partial charge in [0.1, 0.15) is 11.2 Å². The summed E-state index contributed by atoms with van der Waals surface area (Å²) in [6.07, 6.45) is 0. The van der Waals surface area contributed by atoms with Crippen molar-refractivity contribution >= 4 is 139 Å². The molecule has 0 radical (unpaired) electrons. The maximum Gasteiger partial charge on any atom is 0.264 e. The van der Waals surface area contributed by atoms with Gasteiger partial charge in [-0.05, 0) is 140 Å². The third-order valence-electron chi connectivity index (χ3n) is 17.8. The van der Waals surface area contributed by atoms with Gasteiger partial charge in [0, 0.05) is 75.9 Å². The summed E-state index contributed by atoms with van der Waals surface area (Å²) < 4.78 is 16.6. The number of para-hydroxylation sites is 4. The van der Waals surface area contributed by atoms with E-state index in [1.807, 2.05) is 11.3 Å². The van der Waals surface area contributed by atoms with Gasteiger partial charge in [-0.2, -0.15) is 0 Å². The van der Waals surface area contributed by atoms with Crippen LogP contribution in [0, 0.1) is 0 Å². The van der Waals surface area contributed by atoms with Gasteiger partial charge in [-0.15, -0.1) is 11.3 Å². The molecule has 0 atom stereocenters. The summed E-state index contributed by atoms with van der Waals surface area (Å²) in [7, 11) is 0. The Labute approximate surface area is 471 Å². The molecule has 7 heteroatoms. The molecule has 3 aromatic heterocycles. The maximum absolute atomic E-state index is 7.03. The Bertz CT molecular complexity index is 4740. The summed E-state index contributed by atoms with van der Waals surface area (Å²) in [5, 5.41) is 5.66. The second-order valence-electron chi connectivity index (χ2n) is 24.9. The summed E-state index contributed by atoms with van der Waals surface area (Å²) in [6.45, 7) is 18.4. The van der Waals surface area contributed by atoms with Crippen LogP contribution in [0.25, 0.3) is 65.1 Å². The standard InChI is InChI=1S/C73H58BN3O2S/c1-71(2,3)43-30-34-45(35-31-43)75(60-26-15-21-51-49-19-10-13-28-63(49)78-68(51)60)47-38-39-57-62(40-47)77(61-27-16-22-52-50-20-11-14-29-64(50)79-69(52)61)59-25-17-24-58-66(59)74(57)70-67(76(58)46-36-32-44(33-37-46)72(4,5)6)54-41-53-48-18-9-12-23-55(48)73(7,8)56(53)42-65(54)80-70/h9-42H,1-8H3. The van der Waals surface area contributed by atoms with Crippen LogP contribution in [0.4, 0.5) is 51.2 Å². The number of furan rings is 2. The van der Waals surface area contributed by atoms with Crippen LogP contribution in [0.5, 0.6) is 0 Å². The van der Waals surface area contributed by atoms with Crippen LogP contribution < -0.4 is 30.4 Å². The lowest BCUT2D eigenvalue weighted by Crippen LogP contribution is -2.60. The SMILES string of the molecule is CC(C)(C)c1ccc(N2c3cccc4c3B(c3ccc(N(c5ccc(C(C)(C)C)cc5)c5cccc6c5oc5ccccc56)cc3N4c3cccc4c3oc3ccccc34)c3sc4cc5c(cc4c32)-c2ccccc2C5(C)C)cc1. The number of hydrogen-bond acceptors (Lipinski definition) is 6. The Morgan fingerprint density at radius 2 is 1.04 bits per heavy atom. The molecule has 5 nitrogen and oxygen atoms in total. The Hall–Kier alpha value is -8.78. The molecular formula is C73H58BN3O2S. The molecule has 0 saturated heterocycles. The zero-order valence-electron chi connectivity index (χ0n) is 46.3. The maximum atomic E-state index is 7.03. The fraction of sp³-hybridized carbons (Fsp3) is 0.151. The first kappa shape index (κ1) is 47.2. The van der Waals surface area contributed by atoms with Crippen molar-refractivity contribution in [3.63, 3.8) is 0 Å². The van der Waals surface area contributed by atoms with Crippen LogP contribution in [0.1, 0.15) is 77.6 Å². The number of nitrogens with zero attached hydrogens (tertiary/aromatic N) is 3. The highest BCUT2D eigenvalue weighted by Crippen LogP contribution is 2.55. The summed E-state index contributed by atoms with van der Waals surface area (Å²) in [6, 6.07) is 76.8. The summed E-state index contributed by atoms with van der Waals surface area (Å²) >= 11 is 1.97. The van der Waals surface area contributed by atoms with Crippen molar-refractivity contribution in [3.05, 3.63) is 229 Å². The minimum atomic E-state index is -0.138. The third kappa shape index (κ3) is 6.70. The van der Waals surface area contributed by atoms with Crippen molar-refractivity contribution in [2.45, 2.75) is 71.6 Å².